The number of nitrogens with zero attached hydrogens (tertiary/aromatic N) is 3. The van der Waals surface area contributed by atoms with Gasteiger partial charge < -0.3 is 20.3 Å². The molecule has 3 amide bonds. The number of piperidine rings is 1. The molecule has 14 heteroatoms. The number of carbonyl (C=O) groups excluding carboxylic acids is 2. The maximum atomic E-state index is 14.6. The molecule has 0 atom stereocenters. The van der Waals surface area contributed by atoms with E-state index in [9.17, 15) is 26.8 Å². The SMILES string of the molecule is CCCCCN(C(=O)Nc1cc(C(=O)NC)c(F)cc1F)C1CCN(Cc2ccc(Oc3ccc(NS(=O)(=O)CC)cc3)nc2)CC1. The average molecular weight is 673 g/mol. The molecular formula is C33H42F2N6O5S. The lowest BCUT2D eigenvalue weighted by atomic mass is 10.0. The van der Waals surface area contributed by atoms with Gasteiger partial charge in [-0.3, -0.25) is 14.4 Å². The molecule has 0 saturated carbocycles. The molecule has 47 heavy (non-hydrogen) atoms. The molecule has 0 unspecified atom stereocenters. The van der Waals surface area contributed by atoms with Gasteiger partial charge in [0.15, 0.2) is 0 Å². The van der Waals surface area contributed by atoms with E-state index in [2.05, 4.69) is 32.2 Å². The van der Waals surface area contributed by atoms with E-state index >= 15 is 0 Å². The van der Waals surface area contributed by atoms with E-state index in [1.165, 1.54) is 7.05 Å². The Balaban J connectivity index is 1.32. The minimum absolute atomic E-state index is 0.0154. The zero-order valence-corrected chi connectivity index (χ0v) is 27.7. The maximum absolute atomic E-state index is 14.6. The van der Waals surface area contributed by atoms with Crippen LogP contribution in [0.1, 0.15) is 61.9 Å². The van der Waals surface area contributed by atoms with Gasteiger partial charge in [0.05, 0.1) is 17.0 Å². The molecule has 0 spiro atoms. The Kier molecular flexibility index (Phi) is 12.5. The van der Waals surface area contributed by atoms with Crippen LogP contribution in [-0.4, -0.2) is 73.6 Å². The monoisotopic (exact) mass is 672 g/mol. The van der Waals surface area contributed by atoms with Crippen LogP contribution in [0, 0.1) is 11.6 Å². The highest BCUT2D eigenvalue weighted by Crippen LogP contribution is 2.25. The third-order valence-corrected chi connectivity index (χ3v) is 9.27. The van der Waals surface area contributed by atoms with Gasteiger partial charge >= 0.3 is 6.03 Å². The summed E-state index contributed by atoms with van der Waals surface area (Å²) in [5.74, 6) is -1.76. The number of sulfonamides is 1. The van der Waals surface area contributed by atoms with Crippen molar-refractivity contribution in [2.24, 2.45) is 0 Å². The number of pyridine rings is 1. The summed E-state index contributed by atoms with van der Waals surface area (Å²) in [4.78, 5) is 33.8. The van der Waals surface area contributed by atoms with Gasteiger partial charge in [-0.25, -0.2) is 27.0 Å². The highest BCUT2D eigenvalue weighted by Gasteiger charge is 2.29. The molecule has 4 rings (SSSR count). The maximum Gasteiger partial charge on any atom is 0.322 e. The Morgan fingerprint density at radius 3 is 2.36 bits per heavy atom. The summed E-state index contributed by atoms with van der Waals surface area (Å²) < 4.78 is 60.6. The molecule has 1 aromatic heterocycles. The molecule has 254 valence electrons. The van der Waals surface area contributed by atoms with Gasteiger partial charge in [-0.2, -0.15) is 0 Å². The predicted molar refractivity (Wildman–Crippen MR) is 177 cm³/mol. The van der Waals surface area contributed by atoms with E-state index in [-0.39, 0.29) is 23.0 Å². The molecule has 11 nitrogen and oxygen atoms in total. The van der Waals surface area contributed by atoms with Crippen molar-refractivity contribution in [1.82, 2.24) is 20.1 Å². The molecule has 0 aliphatic carbocycles. The number of anilines is 2. The summed E-state index contributed by atoms with van der Waals surface area (Å²) in [6.07, 6.45) is 5.89. The van der Waals surface area contributed by atoms with Crippen LogP contribution in [-0.2, 0) is 16.6 Å². The summed E-state index contributed by atoms with van der Waals surface area (Å²) in [7, 11) is -2.01. The number of benzene rings is 2. The zero-order valence-electron chi connectivity index (χ0n) is 26.9. The van der Waals surface area contributed by atoms with Crippen LogP contribution in [0.2, 0.25) is 0 Å². The van der Waals surface area contributed by atoms with E-state index in [1.807, 2.05) is 6.07 Å². The van der Waals surface area contributed by atoms with Crippen molar-refractivity contribution in [1.29, 1.82) is 0 Å². The fraction of sp³-hybridized carbons (Fsp3) is 0.424. The van der Waals surface area contributed by atoms with Crippen LogP contribution in [0.5, 0.6) is 11.6 Å². The van der Waals surface area contributed by atoms with Crippen molar-refractivity contribution in [3.8, 4) is 11.6 Å². The molecule has 2 aromatic carbocycles. The third-order valence-electron chi connectivity index (χ3n) is 7.97. The van der Waals surface area contributed by atoms with Crippen LogP contribution in [0.3, 0.4) is 0 Å². The van der Waals surface area contributed by atoms with E-state index in [1.54, 1.807) is 48.4 Å². The van der Waals surface area contributed by atoms with E-state index in [4.69, 9.17) is 4.74 Å². The number of aromatic nitrogens is 1. The summed E-state index contributed by atoms with van der Waals surface area (Å²) in [6.45, 7) is 6.27. The Hall–Kier alpha value is -4.30. The summed E-state index contributed by atoms with van der Waals surface area (Å²) in [5.41, 5.74) is 0.854. The Morgan fingerprint density at radius 1 is 1.02 bits per heavy atom. The molecule has 0 radical (unpaired) electrons. The van der Waals surface area contributed by atoms with Gasteiger partial charge in [0.2, 0.25) is 15.9 Å². The van der Waals surface area contributed by atoms with Crippen molar-refractivity contribution in [2.45, 2.75) is 58.5 Å². The normalized spacial score (nSPS) is 14.0. The molecule has 3 N–H and O–H groups in total. The van der Waals surface area contributed by atoms with Crippen molar-refractivity contribution in [2.75, 3.05) is 42.5 Å². The van der Waals surface area contributed by atoms with Crippen LogP contribution < -0.4 is 20.1 Å². The number of hydrogen-bond acceptors (Lipinski definition) is 7. The van der Waals surface area contributed by atoms with Crippen molar-refractivity contribution in [3.63, 3.8) is 0 Å². The first-order valence-electron chi connectivity index (χ1n) is 15.8. The number of unbranched alkanes of at least 4 members (excludes halogenated alkanes) is 2. The second kappa shape index (κ2) is 16.5. The van der Waals surface area contributed by atoms with E-state index in [0.717, 1.165) is 44.0 Å². The number of halogens is 2. The fourth-order valence-corrected chi connectivity index (χ4v) is 5.94. The van der Waals surface area contributed by atoms with Crippen LogP contribution >= 0.6 is 0 Å². The molecular weight excluding hydrogens is 630 g/mol. The topological polar surface area (TPSA) is 133 Å². The largest absolute Gasteiger partial charge is 0.439 e. The lowest BCUT2D eigenvalue weighted by Gasteiger charge is -2.38. The second-order valence-electron chi connectivity index (χ2n) is 11.4. The number of rotatable bonds is 14. The smallest absolute Gasteiger partial charge is 0.322 e. The van der Waals surface area contributed by atoms with Gasteiger partial charge in [-0.15, -0.1) is 0 Å². The van der Waals surface area contributed by atoms with Gasteiger partial charge in [-0.1, -0.05) is 25.8 Å². The molecule has 1 saturated heterocycles. The van der Waals surface area contributed by atoms with Crippen molar-refractivity contribution < 1.29 is 31.5 Å². The number of ether oxygens (including phenoxy) is 1. The zero-order chi connectivity index (χ0) is 34.0. The molecule has 3 aromatic rings. The number of carbonyl (C=O) groups is 2. The highest BCUT2D eigenvalue weighted by molar-refractivity contribution is 7.92. The quantitative estimate of drug-likeness (QED) is 0.180. The van der Waals surface area contributed by atoms with Crippen molar-refractivity contribution in [3.05, 3.63) is 77.5 Å². The summed E-state index contributed by atoms with van der Waals surface area (Å²) in [5, 5.41) is 4.89. The number of likely N-dealkylation sites (tertiary alicyclic amines) is 1. The van der Waals surface area contributed by atoms with Gasteiger partial charge in [-0.05, 0) is 62.1 Å². The average Bonchev–Trinajstić information content (AvgIpc) is 3.06. The number of amides is 3. The molecule has 1 fully saturated rings. The standard InChI is InChI=1S/C33H42F2N6O5S/c1-4-6-7-16-41(33(43)38-30-19-27(32(42)36-3)28(34)20-29(30)35)25-14-17-40(18-15-25)22-23-8-13-31(37-21-23)46-26-11-9-24(10-12-26)39-47(44,45)5-2/h8-13,19-21,25,39H,4-7,14-18,22H2,1-3H3,(H,36,42)(H,38,43). The van der Waals surface area contributed by atoms with E-state index < -0.39 is 33.6 Å². The predicted octanol–water partition coefficient (Wildman–Crippen LogP) is 5.96. The Morgan fingerprint density at radius 2 is 1.74 bits per heavy atom. The summed E-state index contributed by atoms with van der Waals surface area (Å²) in [6, 6.07) is 11.4. The fourth-order valence-electron chi connectivity index (χ4n) is 5.30. The third kappa shape index (κ3) is 10.1. The molecule has 0 bridgehead atoms. The Labute approximate surface area is 274 Å². The number of nitrogens with one attached hydrogen (secondary N) is 3. The van der Waals surface area contributed by atoms with Gasteiger partial charge in [0, 0.05) is 63.3 Å². The number of urea groups is 1. The van der Waals surface area contributed by atoms with Crippen LogP contribution in [0.15, 0.2) is 54.7 Å². The first-order chi connectivity index (χ1) is 22.5. The van der Waals surface area contributed by atoms with Gasteiger partial charge in [0.25, 0.3) is 5.91 Å². The summed E-state index contributed by atoms with van der Waals surface area (Å²) >= 11 is 0. The van der Waals surface area contributed by atoms with Crippen LogP contribution in [0.4, 0.5) is 25.0 Å². The lowest BCUT2D eigenvalue weighted by molar-refractivity contribution is 0.0959. The van der Waals surface area contributed by atoms with Crippen molar-refractivity contribution >= 4 is 33.3 Å². The molecule has 1 aliphatic rings. The minimum Gasteiger partial charge on any atom is -0.439 e. The second-order valence-corrected chi connectivity index (χ2v) is 13.4. The van der Waals surface area contributed by atoms with Crippen LogP contribution in [0.25, 0.3) is 0 Å². The number of hydrogen-bond donors (Lipinski definition) is 3. The first-order valence-corrected chi connectivity index (χ1v) is 17.4. The first kappa shape index (κ1) is 35.6. The minimum atomic E-state index is -3.36. The lowest BCUT2D eigenvalue weighted by Crippen LogP contribution is -2.49. The van der Waals surface area contributed by atoms with E-state index in [0.29, 0.717) is 49.3 Å². The molecule has 1 aliphatic heterocycles. The highest BCUT2D eigenvalue weighted by atomic mass is 32.2. The van der Waals surface area contributed by atoms with Gasteiger partial charge in [0.1, 0.15) is 17.4 Å². The Bertz CT molecular complexity index is 1620. The molecule has 2 heterocycles.